The zero-order chi connectivity index (χ0) is 16.5. The predicted octanol–water partition coefficient (Wildman–Crippen LogP) is 2.66. The summed E-state index contributed by atoms with van der Waals surface area (Å²) >= 11 is 0. The zero-order valence-electron chi connectivity index (χ0n) is 13.7. The summed E-state index contributed by atoms with van der Waals surface area (Å²) in [5.74, 6) is -0.810. The van der Waals surface area contributed by atoms with E-state index in [1.807, 2.05) is 0 Å². The molecule has 3 N–H and O–H groups in total. The minimum absolute atomic E-state index is 0.0437. The molecule has 5 nitrogen and oxygen atoms in total. The SMILES string of the molecule is O=C(O)Cc1ccncc1CNC1CCCCC(O)CCCC1. The Morgan fingerprint density at radius 2 is 1.78 bits per heavy atom. The van der Waals surface area contributed by atoms with Crippen LogP contribution in [0.1, 0.15) is 62.5 Å². The second-order valence-corrected chi connectivity index (χ2v) is 6.52. The second kappa shape index (κ2) is 9.63. The van der Waals surface area contributed by atoms with E-state index in [0.717, 1.165) is 62.5 Å². The molecule has 0 atom stereocenters. The van der Waals surface area contributed by atoms with Crippen LogP contribution in [0.2, 0.25) is 0 Å². The number of nitrogens with one attached hydrogen (secondary N) is 1. The highest BCUT2D eigenvalue weighted by Gasteiger charge is 2.14. The Balaban J connectivity index is 1.87. The van der Waals surface area contributed by atoms with Gasteiger partial charge in [0.1, 0.15) is 0 Å². The van der Waals surface area contributed by atoms with Crippen LogP contribution in [0.15, 0.2) is 18.5 Å². The van der Waals surface area contributed by atoms with Crippen LogP contribution < -0.4 is 5.32 Å². The molecule has 0 aliphatic heterocycles. The highest BCUT2D eigenvalue weighted by atomic mass is 16.4. The van der Waals surface area contributed by atoms with Gasteiger partial charge < -0.3 is 15.5 Å². The van der Waals surface area contributed by atoms with E-state index in [4.69, 9.17) is 5.11 Å². The number of aliphatic hydroxyl groups excluding tert-OH is 1. The van der Waals surface area contributed by atoms with Gasteiger partial charge >= 0.3 is 5.97 Å². The molecule has 1 fully saturated rings. The number of pyridine rings is 1. The molecular weight excluding hydrogens is 292 g/mol. The molecule has 2 rings (SSSR count). The fourth-order valence-electron chi connectivity index (χ4n) is 3.24. The van der Waals surface area contributed by atoms with Gasteiger partial charge in [-0.3, -0.25) is 9.78 Å². The average Bonchev–Trinajstić information content (AvgIpc) is 2.53. The van der Waals surface area contributed by atoms with E-state index in [1.165, 1.54) is 0 Å². The minimum atomic E-state index is -0.810. The minimum Gasteiger partial charge on any atom is -0.481 e. The number of aliphatic carboxylic acids is 1. The number of nitrogens with zero attached hydrogens (tertiary/aromatic N) is 1. The smallest absolute Gasteiger partial charge is 0.307 e. The van der Waals surface area contributed by atoms with Gasteiger partial charge in [0, 0.05) is 25.0 Å². The van der Waals surface area contributed by atoms with Crippen LogP contribution in [0, 0.1) is 0 Å². The topological polar surface area (TPSA) is 82.5 Å². The first-order valence-electron chi connectivity index (χ1n) is 8.70. The maximum atomic E-state index is 10.9. The molecule has 0 amide bonds. The molecule has 1 heterocycles. The molecule has 0 spiro atoms. The third kappa shape index (κ3) is 6.67. The van der Waals surface area contributed by atoms with E-state index in [2.05, 4.69) is 10.3 Å². The molecule has 0 bridgehead atoms. The molecule has 23 heavy (non-hydrogen) atoms. The summed E-state index contributed by atoms with van der Waals surface area (Å²) in [5.41, 5.74) is 1.81. The maximum absolute atomic E-state index is 10.9. The van der Waals surface area contributed by atoms with Crippen LogP contribution in [-0.4, -0.2) is 33.3 Å². The monoisotopic (exact) mass is 320 g/mol. The van der Waals surface area contributed by atoms with Gasteiger partial charge in [-0.1, -0.05) is 25.7 Å². The van der Waals surface area contributed by atoms with Crippen LogP contribution in [0.3, 0.4) is 0 Å². The number of carboxylic acid groups (broad SMARTS) is 1. The summed E-state index contributed by atoms with van der Waals surface area (Å²) in [7, 11) is 0. The van der Waals surface area contributed by atoms with Crippen molar-refractivity contribution in [2.24, 2.45) is 0 Å². The fourth-order valence-corrected chi connectivity index (χ4v) is 3.24. The van der Waals surface area contributed by atoms with Crippen molar-refractivity contribution < 1.29 is 15.0 Å². The summed E-state index contributed by atoms with van der Waals surface area (Å²) < 4.78 is 0. The number of carboxylic acids is 1. The lowest BCUT2D eigenvalue weighted by atomic mass is 9.96. The van der Waals surface area contributed by atoms with E-state index >= 15 is 0 Å². The Morgan fingerprint density at radius 1 is 1.13 bits per heavy atom. The number of hydrogen-bond donors (Lipinski definition) is 3. The van der Waals surface area contributed by atoms with Crippen molar-refractivity contribution in [2.45, 2.75) is 76.5 Å². The summed E-state index contributed by atoms with van der Waals surface area (Å²) in [6.45, 7) is 0.670. The largest absolute Gasteiger partial charge is 0.481 e. The highest BCUT2D eigenvalue weighted by Crippen LogP contribution is 2.18. The molecule has 0 radical (unpaired) electrons. The van der Waals surface area contributed by atoms with Gasteiger partial charge in [0.2, 0.25) is 0 Å². The molecule has 5 heteroatoms. The van der Waals surface area contributed by atoms with Crippen LogP contribution in [0.25, 0.3) is 0 Å². The highest BCUT2D eigenvalue weighted by molar-refractivity contribution is 5.70. The second-order valence-electron chi connectivity index (χ2n) is 6.52. The summed E-state index contributed by atoms with van der Waals surface area (Å²) in [6, 6.07) is 2.25. The van der Waals surface area contributed by atoms with Crippen molar-refractivity contribution in [2.75, 3.05) is 0 Å². The van der Waals surface area contributed by atoms with Crippen LogP contribution in [0.4, 0.5) is 0 Å². The van der Waals surface area contributed by atoms with E-state index in [0.29, 0.717) is 12.6 Å². The van der Waals surface area contributed by atoms with Crippen LogP contribution in [-0.2, 0) is 17.8 Å². The third-order valence-corrected chi connectivity index (χ3v) is 4.61. The maximum Gasteiger partial charge on any atom is 0.307 e. The van der Waals surface area contributed by atoms with Crippen molar-refractivity contribution in [3.8, 4) is 0 Å². The van der Waals surface area contributed by atoms with Gasteiger partial charge in [0.15, 0.2) is 0 Å². The molecule has 1 aromatic rings. The molecule has 1 saturated carbocycles. The van der Waals surface area contributed by atoms with Crippen LogP contribution >= 0.6 is 0 Å². The normalized spacial score (nSPS) is 23.3. The lowest BCUT2D eigenvalue weighted by molar-refractivity contribution is -0.136. The van der Waals surface area contributed by atoms with Crippen LogP contribution in [0.5, 0.6) is 0 Å². The van der Waals surface area contributed by atoms with Gasteiger partial charge in [-0.15, -0.1) is 0 Å². The Labute approximate surface area is 138 Å². The Kier molecular flexibility index (Phi) is 7.49. The molecule has 1 aromatic heterocycles. The lowest BCUT2D eigenvalue weighted by Gasteiger charge is -2.22. The summed E-state index contributed by atoms with van der Waals surface area (Å²) in [4.78, 5) is 15.1. The quantitative estimate of drug-likeness (QED) is 0.777. The van der Waals surface area contributed by atoms with Gasteiger partial charge in [-0.25, -0.2) is 0 Å². The molecule has 1 aliphatic rings. The average molecular weight is 320 g/mol. The van der Waals surface area contributed by atoms with E-state index in [1.54, 1.807) is 18.5 Å². The Hall–Kier alpha value is -1.46. The molecule has 1 aliphatic carbocycles. The van der Waals surface area contributed by atoms with Crippen molar-refractivity contribution >= 4 is 5.97 Å². The Morgan fingerprint density at radius 3 is 2.43 bits per heavy atom. The van der Waals surface area contributed by atoms with Crippen molar-refractivity contribution in [3.63, 3.8) is 0 Å². The fraction of sp³-hybridized carbons (Fsp3) is 0.667. The van der Waals surface area contributed by atoms with Crippen molar-refractivity contribution in [3.05, 3.63) is 29.6 Å². The molecule has 128 valence electrons. The van der Waals surface area contributed by atoms with Crippen molar-refractivity contribution in [1.29, 1.82) is 0 Å². The zero-order valence-corrected chi connectivity index (χ0v) is 13.7. The van der Waals surface area contributed by atoms with E-state index < -0.39 is 5.97 Å². The lowest BCUT2D eigenvalue weighted by Crippen LogP contribution is -2.29. The van der Waals surface area contributed by atoms with Gasteiger partial charge in [0.05, 0.1) is 12.5 Å². The first-order chi connectivity index (χ1) is 11.1. The molecular formula is C18H28N2O3. The molecule has 0 aromatic carbocycles. The summed E-state index contributed by atoms with van der Waals surface area (Å²) in [6.07, 6.45) is 11.8. The third-order valence-electron chi connectivity index (χ3n) is 4.61. The number of rotatable bonds is 5. The number of aliphatic hydroxyl groups is 1. The first-order valence-corrected chi connectivity index (χ1v) is 8.70. The van der Waals surface area contributed by atoms with E-state index in [9.17, 15) is 9.90 Å². The molecule has 0 unspecified atom stereocenters. The predicted molar refractivity (Wildman–Crippen MR) is 89.1 cm³/mol. The van der Waals surface area contributed by atoms with Crippen molar-refractivity contribution in [1.82, 2.24) is 10.3 Å². The molecule has 0 saturated heterocycles. The Bertz CT molecular complexity index is 481. The number of hydrogen-bond acceptors (Lipinski definition) is 4. The first kappa shape index (κ1) is 17.9. The van der Waals surface area contributed by atoms with Gasteiger partial charge in [-0.05, 0) is 42.9 Å². The number of carbonyl (C=O) groups is 1. The van der Waals surface area contributed by atoms with E-state index in [-0.39, 0.29) is 12.5 Å². The van der Waals surface area contributed by atoms with Gasteiger partial charge in [0.25, 0.3) is 0 Å². The number of aromatic nitrogens is 1. The standard InChI is InChI=1S/C18H28N2O3/c21-17-7-3-1-5-16(6-2-4-8-17)20-13-15-12-19-10-9-14(15)11-18(22)23/h9-10,12,16-17,20-21H,1-8,11,13H2,(H,22,23). The summed E-state index contributed by atoms with van der Waals surface area (Å²) in [5, 5.41) is 22.4. The van der Waals surface area contributed by atoms with Gasteiger partial charge in [-0.2, -0.15) is 0 Å².